The number of hydrogen-bond donors (Lipinski definition) is 1. The minimum Gasteiger partial charge on any atom is -0.381 e. The van der Waals surface area contributed by atoms with E-state index in [0.29, 0.717) is 29.1 Å². The fourth-order valence-electron chi connectivity index (χ4n) is 1.97. The number of halogens is 2. The second-order valence-electron chi connectivity index (χ2n) is 4.42. The zero-order valence-electron chi connectivity index (χ0n) is 9.92. The minimum absolute atomic E-state index is 0.257. The molecular formula is C13H15BrFNO2. The summed E-state index contributed by atoms with van der Waals surface area (Å²) in [6.07, 6.45) is 2.09. The molecule has 1 aromatic carbocycles. The van der Waals surface area contributed by atoms with E-state index in [4.69, 9.17) is 4.74 Å². The first kappa shape index (κ1) is 13.5. The molecule has 0 bridgehead atoms. The van der Waals surface area contributed by atoms with Crippen LogP contribution >= 0.6 is 15.9 Å². The normalized spacial score (nSPS) is 19.6. The highest BCUT2D eigenvalue weighted by Crippen LogP contribution is 2.18. The molecule has 1 aromatic rings. The van der Waals surface area contributed by atoms with E-state index in [9.17, 15) is 9.18 Å². The molecule has 1 unspecified atom stereocenters. The molecule has 1 amide bonds. The highest BCUT2D eigenvalue weighted by atomic mass is 79.9. The lowest BCUT2D eigenvalue weighted by Crippen LogP contribution is -2.33. The number of benzene rings is 1. The van der Waals surface area contributed by atoms with Gasteiger partial charge in [0.15, 0.2) is 0 Å². The van der Waals surface area contributed by atoms with Gasteiger partial charge in [-0.1, -0.05) is 0 Å². The van der Waals surface area contributed by atoms with E-state index >= 15 is 0 Å². The van der Waals surface area contributed by atoms with Crippen LogP contribution in [0.5, 0.6) is 0 Å². The smallest absolute Gasteiger partial charge is 0.252 e. The Morgan fingerprint density at radius 2 is 2.39 bits per heavy atom. The van der Waals surface area contributed by atoms with E-state index in [2.05, 4.69) is 21.2 Å². The second kappa shape index (κ2) is 6.29. The molecule has 2 rings (SSSR count). The minimum atomic E-state index is -0.413. The maximum absolute atomic E-state index is 13.1. The van der Waals surface area contributed by atoms with Crippen molar-refractivity contribution in [2.75, 3.05) is 19.8 Å². The van der Waals surface area contributed by atoms with Crippen LogP contribution in [0, 0.1) is 11.7 Å². The van der Waals surface area contributed by atoms with Crippen LogP contribution in [0.3, 0.4) is 0 Å². The van der Waals surface area contributed by atoms with Crippen LogP contribution in [0.4, 0.5) is 4.39 Å². The van der Waals surface area contributed by atoms with Crippen molar-refractivity contribution < 1.29 is 13.9 Å². The summed E-state index contributed by atoms with van der Waals surface area (Å²) in [4.78, 5) is 11.9. The van der Waals surface area contributed by atoms with Crippen molar-refractivity contribution in [3.63, 3.8) is 0 Å². The van der Waals surface area contributed by atoms with Gasteiger partial charge in [-0.2, -0.15) is 0 Å². The third-order valence-electron chi connectivity index (χ3n) is 2.98. The van der Waals surface area contributed by atoms with Crippen LogP contribution in [-0.4, -0.2) is 25.7 Å². The Bertz CT molecular complexity index is 433. The van der Waals surface area contributed by atoms with E-state index in [1.54, 1.807) is 0 Å². The van der Waals surface area contributed by atoms with Crippen LogP contribution in [-0.2, 0) is 4.74 Å². The van der Waals surface area contributed by atoms with Gasteiger partial charge < -0.3 is 10.1 Å². The molecule has 0 aromatic heterocycles. The lowest BCUT2D eigenvalue weighted by molar-refractivity contribution is 0.0536. The number of amides is 1. The first-order valence-electron chi connectivity index (χ1n) is 5.98. The summed E-state index contributed by atoms with van der Waals surface area (Å²) in [5.74, 6) is -0.314. The lowest BCUT2D eigenvalue weighted by Gasteiger charge is -2.22. The second-order valence-corrected chi connectivity index (χ2v) is 5.27. The van der Waals surface area contributed by atoms with Crippen LogP contribution < -0.4 is 5.32 Å². The molecule has 1 aliphatic rings. The molecule has 1 saturated heterocycles. The summed E-state index contributed by atoms with van der Waals surface area (Å²) in [7, 11) is 0. The number of carbonyl (C=O) groups is 1. The van der Waals surface area contributed by atoms with E-state index in [1.807, 2.05) is 0 Å². The predicted molar refractivity (Wildman–Crippen MR) is 70.0 cm³/mol. The number of rotatable bonds is 3. The van der Waals surface area contributed by atoms with E-state index < -0.39 is 5.82 Å². The molecule has 1 aliphatic heterocycles. The van der Waals surface area contributed by atoms with Crippen LogP contribution in [0.2, 0.25) is 0 Å². The highest BCUT2D eigenvalue weighted by Gasteiger charge is 2.16. The van der Waals surface area contributed by atoms with Crippen LogP contribution in [0.15, 0.2) is 22.7 Å². The average Bonchev–Trinajstić information content (AvgIpc) is 2.40. The van der Waals surface area contributed by atoms with Crippen molar-refractivity contribution in [1.29, 1.82) is 0 Å². The quantitative estimate of drug-likeness (QED) is 0.931. The topological polar surface area (TPSA) is 38.3 Å². The maximum Gasteiger partial charge on any atom is 0.252 e. The van der Waals surface area contributed by atoms with Gasteiger partial charge in [0.2, 0.25) is 0 Å². The van der Waals surface area contributed by atoms with Gasteiger partial charge in [-0.05, 0) is 52.9 Å². The summed E-state index contributed by atoms with van der Waals surface area (Å²) < 4.78 is 19.0. The molecular weight excluding hydrogens is 301 g/mol. The fraction of sp³-hybridized carbons (Fsp3) is 0.462. The maximum atomic E-state index is 13.1. The largest absolute Gasteiger partial charge is 0.381 e. The summed E-state index contributed by atoms with van der Waals surface area (Å²) in [6.45, 7) is 2.06. The molecule has 1 atom stereocenters. The van der Waals surface area contributed by atoms with Crippen LogP contribution in [0.25, 0.3) is 0 Å². The van der Waals surface area contributed by atoms with Gasteiger partial charge in [-0.25, -0.2) is 4.39 Å². The third kappa shape index (κ3) is 3.53. The Morgan fingerprint density at radius 3 is 3.11 bits per heavy atom. The van der Waals surface area contributed by atoms with Gasteiger partial charge in [0.25, 0.3) is 5.91 Å². The lowest BCUT2D eigenvalue weighted by atomic mass is 10.0. The predicted octanol–water partition coefficient (Wildman–Crippen LogP) is 2.74. The standard InChI is InChI=1S/C13H15BrFNO2/c14-12-4-3-10(15)6-11(12)13(17)16-7-9-2-1-5-18-8-9/h3-4,6,9H,1-2,5,7-8H2,(H,16,17). The zero-order chi connectivity index (χ0) is 13.0. The first-order valence-corrected chi connectivity index (χ1v) is 6.77. The Hall–Kier alpha value is -0.940. The molecule has 98 valence electrons. The van der Waals surface area contributed by atoms with E-state index in [-0.39, 0.29) is 5.91 Å². The van der Waals surface area contributed by atoms with Crippen LogP contribution in [0.1, 0.15) is 23.2 Å². The summed E-state index contributed by atoms with van der Waals surface area (Å²) in [6, 6.07) is 4.08. The third-order valence-corrected chi connectivity index (χ3v) is 3.67. The van der Waals surface area contributed by atoms with E-state index in [0.717, 1.165) is 19.4 Å². The summed E-state index contributed by atoms with van der Waals surface area (Å²) in [5, 5.41) is 2.82. The van der Waals surface area contributed by atoms with Crippen molar-refractivity contribution >= 4 is 21.8 Å². The number of ether oxygens (including phenoxy) is 1. The Kier molecular flexibility index (Phi) is 4.72. The van der Waals surface area contributed by atoms with Crippen molar-refractivity contribution in [1.82, 2.24) is 5.32 Å². The SMILES string of the molecule is O=C(NCC1CCCOC1)c1cc(F)ccc1Br. The van der Waals surface area contributed by atoms with Gasteiger partial charge in [-0.15, -0.1) is 0 Å². The van der Waals surface area contributed by atoms with Crippen molar-refractivity contribution in [3.8, 4) is 0 Å². The van der Waals surface area contributed by atoms with Gasteiger partial charge in [0, 0.05) is 17.6 Å². The average molecular weight is 316 g/mol. The van der Waals surface area contributed by atoms with Gasteiger partial charge in [0.05, 0.1) is 12.2 Å². The van der Waals surface area contributed by atoms with E-state index in [1.165, 1.54) is 18.2 Å². The molecule has 1 N–H and O–H groups in total. The monoisotopic (exact) mass is 315 g/mol. The zero-order valence-corrected chi connectivity index (χ0v) is 11.5. The molecule has 5 heteroatoms. The van der Waals surface area contributed by atoms with Gasteiger partial charge in [0.1, 0.15) is 5.82 Å². The molecule has 0 spiro atoms. The number of nitrogens with one attached hydrogen (secondary N) is 1. The molecule has 0 radical (unpaired) electrons. The first-order chi connectivity index (χ1) is 8.66. The van der Waals surface area contributed by atoms with Crippen molar-refractivity contribution in [2.45, 2.75) is 12.8 Å². The highest BCUT2D eigenvalue weighted by molar-refractivity contribution is 9.10. The van der Waals surface area contributed by atoms with Gasteiger partial charge >= 0.3 is 0 Å². The van der Waals surface area contributed by atoms with Gasteiger partial charge in [-0.3, -0.25) is 4.79 Å². The summed E-state index contributed by atoms with van der Waals surface area (Å²) >= 11 is 3.24. The molecule has 1 heterocycles. The molecule has 0 aliphatic carbocycles. The van der Waals surface area contributed by atoms with Crippen molar-refractivity contribution in [2.24, 2.45) is 5.92 Å². The Labute approximate surface area is 114 Å². The molecule has 3 nitrogen and oxygen atoms in total. The molecule has 0 saturated carbocycles. The number of carbonyl (C=O) groups excluding carboxylic acids is 1. The Balaban J connectivity index is 1.92. The molecule has 18 heavy (non-hydrogen) atoms. The summed E-state index contributed by atoms with van der Waals surface area (Å²) in [5.41, 5.74) is 0.326. The molecule has 1 fully saturated rings. The Morgan fingerprint density at radius 1 is 1.56 bits per heavy atom. The fourth-order valence-corrected chi connectivity index (χ4v) is 2.40. The van der Waals surface area contributed by atoms with Crippen molar-refractivity contribution in [3.05, 3.63) is 34.1 Å². The number of hydrogen-bond acceptors (Lipinski definition) is 2.